The molecule has 1 atom stereocenters. The van der Waals surface area contributed by atoms with E-state index in [4.69, 9.17) is 10.00 Å². The van der Waals surface area contributed by atoms with E-state index in [9.17, 15) is 14.0 Å². The molecule has 0 radical (unpaired) electrons. The van der Waals surface area contributed by atoms with Gasteiger partial charge in [0.15, 0.2) is 0 Å². The van der Waals surface area contributed by atoms with Gasteiger partial charge in [-0.3, -0.25) is 4.79 Å². The van der Waals surface area contributed by atoms with Gasteiger partial charge < -0.3 is 20.7 Å². The Bertz CT molecular complexity index is 777. The Morgan fingerprint density at radius 2 is 1.86 bits per heavy atom. The van der Waals surface area contributed by atoms with Gasteiger partial charge >= 0.3 is 6.09 Å². The van der Waals surface area contributed by atoms with Crippen molar-refractivity contribution in [2.75, 3.05) is 10.6 Å². The van der Waals surface area contributed by atoms with E-state index in [0.717, 1.165) is 25.7 Å². The van der Waals surface area contributed by atoms with Crippen LogP contribution in [-0.4, -0.2) is 29.7 Å². The molecule has 0 heterocycles. The molecular weight excluding hydrogens is 375 g/mol. The van der Waals surface area contributed by atoms with Crippen LogP contribution in [0.5, 0.6) is 0 Å². The highest BCUT2D eigenvalue weighted by Gasteiger charge is 2.24. The maximum Gasteiger partial charge on any atom is 0.408 e. The van der Waals surface area contributed by atoms with Crippen LogP contribution in [0.1, 0.15) is 53.4 Å². The first-order valence-corrected chi connectivity index (χ1v) is 9.83. The molecule has 7 nitrogen and oxygen atoms in total. The molecule has 0 aliphatic heterocycles. The maximum atomic E-state index is 13.8. The maximum absolute atomic E-state index is 13.8. The lowest BCUT2D eigenvalue weighted by Crippen LogP contribution is -2.44. The van der Waals surface area contributed by atoms with Crippen LogP contribution in [0.4, 0.5) is 20.6 Å². The number of alkyl carbamates (subject to hydrolysis) is 1. The molecular formula is C21H29FN4O3. The van der Waals surface area contributed by atoms with E-state index in [1.54, 1.807) is 27.7 Å². The largest absolute Gasteiger partial charge is 0.444 e. The normalized spacial score (nSPS) is 20.1. The molecule has 0 bridgehead atoms. The first kappa shape index (κ1) is 22.5. The fourth-order valence-corrected chi connectivity index (χ4v) is 3.12. The van der Waals surface area contributed by atoms with Gasteiger partial charge in [0.1, 0.15) is 17.5 Å². The lowest BCUT2D eigenvalue weighted by molar-refractivity contribution is -0.117. The zero-order valence-electron chi connectivity index (χ0n) is 17.3. The number of nitrogens with one attached hydrogen (secondary N) is 3. The van der Waals surface area contributed by atoms with Crippen molar-refractivity contribution in [2.45, 2.75) is 71.1 Å². The summed E-state index contributed by atoms with van der Waals surface area (Å²) >= 11 is 0. The van der Waals surface area contributed by atoms with Crippen LogP contribution in [0, 0.1) is 23.1 Å². The minimum absolute atomic E-state index is 0.0690. The molecule has 3 N–H and O–H groups in total. The van der Waals surface area contributed by atoms with E-state index in [2.05, 4.69) is 22.0 Å². The third kappa shape index (κ3) is 7.26. The van der Waals surface area contributed by atoms with Crippen molar-refractivity contribution in [3.8, 4) is 6.07 Å². The Balaban J connectivity index is 2.00. The predicted octanol–water partition coefficient (Wildman–Crippen LogP) is 4.17. The Labute approximate surface area is 171 Å². The highest BCUT2D eigenvalue weighted by Crippen LogP contribution is 2.29. The van der Waals surface area contributed by atoms with Crippen molar-refractivity contribution in [1.82, 2.24) is 5.32 Å². The molecule has 29 heavy (non-hydrogen) atoms. The van der Waals surface area contributed by atoms with Crippen LogP contribution in [0.2, 0.25) is 0 Å². The Hall–Kier alpha value is -2.82. The smallest absolute Gasteiger partial charge is 0.408 e. The summed E-state index contributed by atoms with van der Waals surface area (Å²) in [5.41, 5.74) is 0.235. The fourth-order valence-electron chi connectivity index (χ4n) is 3.12. The number of ether oxygens (including phenoxy) is 1. The van der Waals surface area contributed by atoms with Crippen molar-refractivity contribution in [3.05, 3.63) is 24.0 Å². The van der Waals surface area contributed by atoms with Gasteiger partial charge in [-0.05, 0) is 71.6 Å². The second-order valence-corrected chi connectivity index (χ2v) is 8.37. The topological polar surface area (TPSA) is 103 Å². The van der Waals surface area contributed by atoms with Gasteiger partial charge in [0.25, 0.3) is 0 Å². The average Bonchev–Trinajstić information content (AvgIpc) is 2.62. The molecule has 1 fully saturated rings. The summed E-state index contributed by atoms with van der Waals surface area (Å²) in [6, 6.07) is 5.63. The lowest BCUT2D eigenvalue weighted by atomic mass is 9.87. The summed E-state index contributed by atoms with van der Waals surface area (Å²) < 4.78 is 18.9. The first-order valence-electron chi connectivity index (χ1n) is 9.83. The van der Waals surface area contributed by atoms with E-state index < -0.39 is 29.5 Å². The van der Waals surface area contributed by atoms with Gasteiger partial charge in [-0.15, -0.1) is 0 Å². The van der Waals surface area contributed by atoms with Crippen LogP contribution in [-0.2, 0) is 9.53 Å². The van der Waals surface area contributed by atoms with Gasteiger partial charge in [0.05, 0.1) is 17.4 Å². The van der Waals surface area contributed by atoms with Gasteiger partial charge in [-0.1, -0.05) is 0 Å². The number of anilines is 2. The minimum Gasteiger partial charge on any atom is -0.444 e. The second kappa shape index (κ2) is 9.59. The van der Waals surface area contributed by atoms with E-state index >= 15 is 0 Å². The second-order valence-electron chi connectivity index (χ2n) is 8.37. The molecule has 1 aromatic carbocycles. The number of carbonyl (C=O) groups excluding carboxylic acids is 2. The molecule has 2 rings (SSSR count). The number of rotatable bonds is 5. The van der Waals surface area contributed by atoms with E-state index in [0.29, 0.717) is 11.4 Å². The zero-order valence-corrected chi connectivity index (χ0v) is 17.3. The summed E-state index contributed by atoms with van der Waals surface area (Å²) in [6.07, 6.45) is 2.51. The van der Waals surface area contributed by atoms with Gasteiger partial charge in [0.2, 0.25) is 5.91 Å². The number of hydrogen-bond acceptors (Lipinski definition) is 5. The Morgan fingerprint density at radius 1 is 1.21 bits per heavy atom. The number of hydrogen-bond donors (Lipinski definition) is 3. The average molecular weight is 404 g/mol. The van der Waals surface area contributed by atoms with Crippen molar-refractivity contribution >= 4 is 23.4 Å². The van der Waals surface area contributed by atoms with Gasteiger partial charge in [-0.2, -0.15) is 5.26 Å². The molecule has 1 aliphatic carbocycles. The molecule has 8 heteroatoms. The standard InChI is InChI=1S/C21H29FN4O3/c1-13(24-20(28)29-21(2,3)4)19(27)26-17-10-7-15(22)11-18(17)25-16-8-5-14(12-23)6-9-16/h7,10-11,13-14,16,25H,5-6,8-9H2,1-4H3,(H,24,28)(H,26,27)/t13-,14?,16?/m0/s1. The number of amides is 2. The highest BCUT2D eigenvalue weighted by atomic mass is 19.1. The van der Waals surface area contributed by atoms with E-state index in [1.165, 1.54) is 18.2 Å². The van der Waals surface area contributed by atoms with Gasteiger partial charge in [0, 0.05) is 12.0 Å². The molecule has 1 saturated carbocycles. The zero-order chi connectivity index (χ0) is 21.6. The quantitative estimate of drug-likeness (QED) is 0.683. The molecule has 158 valence electrons. The van der Waals surface area contributed by atoms with Crippen LogP contribution in [0.25, 0.3) is 0 Å². The number of nitriles is 1. The summed E-state index contributed by atoms with van der Waals surface area (Å²) in [5.74, 6) is -0.797. The predicted molar refractivity (Wildman–Crippen MR) is 109 cm³/mol. The van der Waals surface area contributed by atoms with Crippen LogP contribution in [0.3, 0.4) is 0 Å². The van der Waals surface area contributed by atoms with Crippen LogP contribution < -0.4 is 16.0 Å². The van der Waals surface area contributed by atoms with Crippen LogP contribution >= 0.6 is 0 Å². The van der Waals surface area contributed by atoms with Gasteiger partial charge in [-0.25, -0.2) is 9.18 Å². The SMILES string of the molecule is C[C@H](NC(=O)OC(C)(C)C)C(=O)Nc1ccc(F)cc1NC1CCC(C#N)CC1. The van der Waals surface area contributed by atoms with Crippen molar-refractivity contribution in [1.29, 1.82) is 5.26 Å². The van der Waals surface area contributed by atoms with Crippen molar-refractivity contribution < 1.29 is 18.7 Å². The number of carbonyl (C=O) groups is 2. The van der Waals surface area contributed by atoms with Crippen LogP contribution in [0.15, 0.2) is 18.2 Å². The summed E-state index contributed by atoms with van der Waals surface area (Å²) in [5, 5.41) is 17.5. The third-order valence-corrected chi connectivity index (χ3v) is 4.64. The molecule has 2 amide bonds. The minimum atomic E-state index is -0.839. The van der Waals surface area contributed by atoms with E-state index in [1.807, 2.05) is 0 Å². The molecule has 0 spiro atoms. The number of halogens is 1. The highest BCUT2D eigenvalue weighted by molar-refractivity contribution is 5.98. The Morgan fingerprint density at radius 3 is 2.45 bits per heavy atom. The third-order valence-electron chi connectivity index (χ3n) is 4.64. The lowest BCUT2D eigenvalue weighted by Gasteiger charge is -2.27. The number of nitrogens with zero attached hydrogens (tertiary/aromatic N) is 1. The molecule has 0 saturated heterocycles. The summed E-state index contributed by atoms with van der Waals surface area (Å²) in [4.78, 5) is 24.3. The van der Waals surface area contributed by atoms with Crippen molar-refractivity contribution in [3.63, 3.8) is 0 Å². The number of benzene rings is 1. The van der Waals surface area contributed by atoms with Crippen molar-refractivity contribution in [2.24, 2.45) is 5.92 Å². The summed E-state index contributed by atoms with van der Waals surface area (Å²) in [7, 11) is 0. The molecule has 1 aliphatic rings. The summed E-state index contributed by atoms with van der Waals surface area (Å²) in [6.45, 7) is 6.74. The fraction of sp³-hybridized carbons (Fsp3) is 0.571. The molecule has 0 aromatic heterocycles. The molecule has 1 aromatic rings. The Kier molecular flexibility index (Phi) is 7.43. The first-order chi connectivity index (χ1) is 13.6. The van der Waals surface area contributed by atoms with E-state index in [-0.39, 0.29) is 12.0 Å². The monoisotopic (exact) mass is 404 g/mol. The molecule has 0 unspecified atom stereocenters.